The highest BCUT2D eigenvalue weighted by atomic mass is 16.6. The molecule has 11 nitrogen and oxygen atoms in total. The first kappa shape index (κ1) is 32.3. The van der Waals surface area contributed by atoms with Crippen molar-refractivity contribution in [3.63, 3.8) is 0 Å². The summed E-state index contributed by atoms with van der Waals surface area (Å²) in [5.41, 5.74) is -1.32. The number of likely N-dealkylation sites (N-methyl/N-ethyl adjacent to an activating group) is 1. The fourth-order valence-electron chi connectivity index (χ4n) is 7.79. The summed E-state index contributed by atoms with van der Waals surface area (Å²) in [6, 6.07) is 0. The van der Waals surface area contributed by atoms with Gasteiger partial charge in [0.15, 0.2) is 11.9 Å². The van der Waals surface area contributed by atoms with Crippen LogP contribution in [0.15, 0.2) is 11.6 Å². The zero-order chi connectivity index (χ0) is 30.9. The van der Waals surface area contributed by atoms with E-state index in [1.807, 2.05) is 13.8 Å². The first-order chi connectivity index (χ1) is 19.1. The molecule has 11 heteroatoms. The Morgan fingerprint density at radius 3 is 2.20 bits per heavy atom. The van der Waals surface area contributed by atoms with E-state index in [1.54, 1.807) is 20.0 Å². The van der Waals surface area contributed by atoms with Gasteiger partial charge in [0.05, 0.1) is 13.7 Å². The van der Waals surface area contributed by atoms with Crippen LogP contribution in [0, 0.1) is 34.5 Å². The SMILES string of the molecule is COC(=O)[C@@]1(C)[C@@H](OC(C)=O)CC[C@@]2(C)[C@H]1C(=O)[C@H](OC(C)=O)[C@H]1[C@@H](C)/C(=C/C(=O)N(C)CCOC(C)=O)CC[C@@H]12. The standard InChI is InChI=1S/C30H43NO10/c1-16-20(15-23(35)31(7)13-14-39-17(2)32)9-10-21-24(16)26(41-19(4)34)25(36)27-29(21,5)12-11-22(40-18(3)33)30(27,6)28(37)38-8/h15-16,21-22,24,26-27H,9-14H2,1-8H3/b20-15+/t16-,21-,22-,24-,26+,27+,29+,30-/m0/s1. The van der Waals surface area contributed by atoms with Crippen molar-refractivity contribution in [3.8, 4) is 0 Å². The molecule has 1 amide bonds. The Morgan fingerprint density at radius 1 is 1.00 bits per heavy atom. The van der Waals surface area contributed by atoms with Crippen LogP contribution >= 0.6 is 0 Å². The van der Waals surface area contributed by atoms with Gasteiger partial charge in [-0.15, -0.1) is 0 Å². The van der Waals surface area contributed by atoms with E-state index in [9.17, 15) is 28.8 Å². The first-order valence-corrected chi connectivity index (χ1v) is 14.1. The molecule has 0 radical (unpaired) electrons. The number of rotatable bonds is 7. The number of esters is 4. The topological polar surface area (TPSA) is 143 Å². The molecule has 3 aliphatic rings. The molecule has 0 aromatic heterocycles. The quantitative estimate of drug-likeness (QED) is 0.252. The van der Waals surface area contributed by atoms with Gasteiger partial charge in [0.25, 0.3) is 0 Å². The third kappa shape index (κ3) is 6.04. The summed E-state index contributed by atoms with van der Waals surface area (Å²) in [6.07, 6.45) is 1.62. The molecule has 3 fully saturated rings. The number of ketones is 1. The average Bonchev–Trinajstić information content (AvgIpc) is 2.88. The molecule has 0 saturated heterocycles. The Hall–Kier alpha value is -3.24. The lowest BCUT2D eigenvalue weighted by atomic mass is 9.41. The Kier molecular flexibility index (Phi) is 9.70. The zero-order valence-electron chi connectivity index (χ0n) is 25.3. The van der Waals surface area contributed by atoms with Crippen LogP contribution in [0.2, 0.25) is 0 Å². The van der Waals surface area contributed by atoms with Crippen molar-refractivity contribution in [2.75, 3.05) is 27.3 Å². The highest BCUT2D eigenvalue weighted by molar-refractivity contribution is 5.95. The molecule has 0 aromatic rings. The van der Waals surface area contributed by atoms with Crippen molar-refractivity contribution in [2.45, 2.75) is 79.4 Å². The molecule has 0 unspecified atom stereocenters. The van der Waals surface area contributed by atoms with Crippen molar-refractivity contribution in [2.24, 2.45) is 34.5 Å². The number of nitrogens with zero attached hydrogens (tertiary/aromatic N) is 1. The van der Waals surface area contributed by atoms with Gasteiger partial charge in [0, 0.05) is 45.7 Å². The van der Waals surface area contributed by atoms with Gasteiger partial charge in [0.2, 0.25) is 5.91 Å². The number of hydrogen-bond acceptors (Lipinski definition) is 10. The van der Waals surface area contributed by atoms with Gasteiger partial charge in [-0.1, -0.05) is 19.4 Å². The first-order valence-electron chi connectivity index (χ1n) is 14.1. The predicted octanol–water partition coefficient (Wildman–Crippen LogP) is 2.64. The van der Waals surface area contributed by atoms with Crippen molar-refractivity contribution in [1.82, 2.24) is 4.90 Å². The van der Waals surface area contributed by atoms with Crippen LogP contribution in [0.4, 0.5) is 0 Å². The predicted molar refractivity (Wildman–Crippen MR) is 145 cm³/mol. The van der Waals surface area contributed by atoms with E-state index < -0.39 is 64.5 Å². The highest BCUT2D eigenvalue weighted by Gasteiger charge is 2.70. The van der Waals surface area contributed by atoms with Gasteiger partial charge in [-0.3, -0.25) is 28.8 Å². The molecule has 0 spiro atoms. The number of hydrogen-bond donors (Lipinski definition) is 0. The minimum Gasteiger partial charge on any atom is -0.468 e. The summed E-state index contributed by atoms with van der Waals surface area (Å²) in [5, 5.41) is 0. The van der Waals surface area contributed by atoms with Crippen molar-refractivity contribution in [1.29, 1.82) is 0 Å². The van der Waals surface area contributed by atoms with Crippen LogP contribution in [-0.4, -0.2) is 80.0 Å². The molecular weight excluding hydrogens is 534 g/mol. The second kappa shape index (κ2) is 12.3. The molecule has 41 heavy (non-hydrogen) atoms. The van der Waals surface area contributed by atoms with Gasteiger partial charge in [-0.05, 0) is 49.9 Å². The summed E-state index contributed by atoms with van der Waals surface area (Å²) in [7, 11) is 2.86. The van der Waals surface area contributed by atoms with Crippen LogP contribution in [0.3, 0.4) is 0 Å². The second-order valence-corrected chi connectivity index (χ2v) is 12.1. The molecule has 0 aliphatic heterocycles. The number of carbonyl (C=O) groups is 6. The van der Waals surface area contributed by atoms with Crippen LogP contribution < -0.4 is 0 Å². The summed E-state index contributed by atoms with van der Waals surface area (Å²) in [6.45, 7) is 9.66. The highest BCUT2D eigenvalue weighted by Crippen LogP contribution is 2.65. The molecule has 3 saturated carbocycles. The van der Waals surface area contributed by atoms with Crippen molar-refractivity contribution < 1.29 is 47.7 Å². The minimum atomic E-state index is -1.48. The van der Waals surface area contributed by atoms with E-state index in [2.05, 4.69) is 0 Å². The Labute approximate surface area is 241 Å². The molecule has 0 heterocycles. The van der Waals surface area contributed by atoms with Crippen LogP contribution in [0.1, 0.15) is 67.2 Å². The van der Waals surface area contributed by atoms with Crippen LogP contribution in [0.5, 0.6) is 0 Å². The Balaban J connectivity index is 2.02. The normalized spacial score (nSPS) is 35.4. The lowest BCUT2D eigenvalue weighted by molar-refractivity contribution is -0.218. The maximum absolute atomic E-state index is 14.4. The van der Waals surface area contributed by atoms with Crippen molar-refractivity contribution in [3.05, 3.63) is 11.6 Å². The summed E-state index contributed by atoms with van der Waals surface area (Å²) >= 11 is 0. The average molecular weight is 578 g/mol. The number of ether oxygens (including phenoxy) is 4. The Bertz CT molecular complexity index is 1130. The summed E-state index contributed by atoms with van der Waals surface area (Å²) in [4.78, 5) is 77.6. The largest absolute Gasteiger partial charge is 0.468 e. The monoisotopic (exact) mass is 577 g/mol. The van der Waals surface area contributed by atoms with Gasteiger partial charge in [-0.25, -0.2) is 0 Å². The fraction of sp³-hybridized carbons (Fsp3) is 0.733. The molecule has 0 bridgehead atoms. The summed E-state index contributed by atoms with van der Waals surface area (Å²) < 4.78 is 21.4. The van der Waals surface area contributed by atoms with Crippen molar-refractivity contribution >= 4 is 35.6 Å². The van der Waals surface area contributed by atoms with E-state index >= 15 is 0 Å². The van der Waals surface area contributed by atoms with E-state index in [0.717, 1.165) is 5.57 Å². The van der Waals surface area contributed by atoms with E-state index in [4.69, 9.17) is 18.9 Å². The molecule has 3 aliphatic carbocycles. The molecule has 8 atom stereocenters. The third-order valence-electron chi connectivity index (χ3n) is 9.65. The number of Topliss-reactive ketones (excluding diaryl/α,β-unsaturated/α-hetero) is 1. The molecule has 0 N–H and O–H groups in total. The number of allylic oxidation sites excluding steroid dienone is 1. The zero-order valence-corrected chi connectivity index (χ0v) is 25.3. The minimum absolute atomic E-state index is 0.0804. The van der Waals surface area contributed by atoms with Gasteiger partial charge < -0.3 is 23.8 Å². The van der Waals surface area contributed by atoms with E-state index in [1.165, 1.54) is 32.8 Å². The molecule has 3 rings (SSSR count). The molecule has 0 aromatic carbocycles. The van der Waals surface area contributed by atoms with E-state index in [0.29, 0.717) is 25.7 Å². The van der Waals surface area contributed by atoms with Gasteiger partial charge >= 0.3 is 23.9 Å². The van der Waals surface area contributed by atoms with Crippen LogP contribution in [-0.2, 0) is 47.7 Å². The third-order valence-corrected chi connectivity index (χ3v) is 9.65. The Morgan fingerprint density at radius 2 is 1.63 bits per heavy atom. The van der Waals surface area contributed by atoms with Crippen LogP contribution in [0.25, 0.3) is 0 Å². The smallest absolute Gasteiger partial charge is 0.316 e. The van der Waals surface area contributed by atoms with Gasteiger partial charge in [0.1, 0.15) is 18.1 Å². The fourth-order valence-corrected chi connectivity index (χ4v) is 7.79. The lowest BCUT2D eigenvalue weighted by Crippen LogP contribution is -2.69. The molecule has 228 valence electrons. The lowest BCUT2D eigenvalue weighted by Gasteiger charge is -2.62. The number of methoxy groups -OCH3 is 1. The number of carbonyl (C=O) groups excluding carboxylic acids is 6. The van der Waals surface area contributed by atoms with E-state index in [-0.39, 0.29) is 30.9 Å². The second-order valence-electron chi connectivity index (χ2n) is 12.1. The maximum Gasteiger partial charge on any atom is 0.316 e. The number of amides is 1. The summed E-state index contributed by atoms with van der Waals surface area (Å²) in [5.74, 6) is -4.65. The maximum atomic E-state index is 14.4. The number of fused-ring (bicyclic) bond motifs is 3. The van der Waals surface area contributed by atoms with Gasteiger partial charge in [-0.2, -0.15) is 0 Å². The molecular formula is C30H43NO10.